The van der Waals surface area contributed by atoms with Gasteiger partial charge in [-0.25, -0.2) is 12.8 Å². The second kappa shape index (κ2) is 3.79. The number of halogens is 1. The average molecular weight is 299 g/mol. The Kier molecular flexibility index (Phi) is 2.83. The van der Waals surface area contributed by atoms with Gasteiger partial charge in [0.05, 0.1) is 5.71 Å². The Morgan fingerprint density at radius 1 is 1.30 bits per heavy atom. The number of hydrogen-bond donors (Lipinski definition) is 2. The summed E-state index contributed by atoms with van der Waals surface area (Å²) in [5, 5.41) is -0.716. The maximum absolute atomic E-state index is 13.9. The molecule has 3 rings (SSSR count). The third kappa shape index (κ3) is 1.39. The highest BCUT2D eigenvalue weighted by atomic mass is 32.2. The number of hydrogen-bond acceptors (Lipinski definition) is 5. The molecule has 2 heterocycles. The molecular weight excluding hydrogens is 281 g/mol. The Balaban J connectivity index is 0.00000147. The van der Waals surface area contributed by atoms with E-state index in [-0.39, 0.29) is 11.7 Å². The third-order valence-corrected chi connectivity index (χ3v) is 7.22. The first-order chi connectivity index (χ1) is 8.62. The first kappa shape index (κ1) is 14.9. The van der Waals surface area contributed by atoms with Crippen molar-refractivity contribution in [3.05, 3.63) is 29.6 Å². The van der Waals surface area contributed by atoms with Gasteiger partial charge >= 0.3 is 0 Å². The first-order valence-corrected chi connectivity index (χ1v) is 7.56. The fourth-order valence-electron chi connectivity index (χ4n) is 2.98. The second-order valence-corrected chi connectivity index (χ2v) is 8.40. The summed E-state index contributed by atoms with van der Waals surface area (Å²) in [5.74, 6) is -0.473. The summed E-state index contributed by atoms with van der Waals surface area (Å²) in [7, 11) is -3.32. The van der Waals surface area contributed by atoms with Crippen molar-refractivity contribution in [3.63, 3.8) is 0 Å². The van der Waals surface area contributed by atoms with Crippen molar-refractivity contribution in [2.75, 3.05) is 5.73 Å². The molecule has 0 amide bonds. The predicted molar refractivity (Wildman–Crippen MR) is 77.4 cm³/mol. The van der Waals surface area contributed by atoms with Gasteiger partial charge in [-0.2, -0.15) is 0 Å². The Hall–Kier alpha value is -1.47. The maximum atomic E-state index is 13.9. The van der Waals surface area contributed by atoms with Crippen LogP contribution in [0.15, 0.2) is 23.2 Å². The zero-order chi connectivity index (χ0) is 14.2. The minimum atomic E-state index is -3.32. The van der Waals surface area contributed by atoms with E-state index in [1.807, 2.05) is 0 Å². The number of nitrogens with two attached hydrogens (primary N) is 1. The van der Waals surface area contributed by atoms with E-state index in [1.54, 1.807) is 20.8 Å². The molecule has 0 aliphatic carbocycles. The van der Waals surface area contributed by atoms with Gasteiger partial charge in [0.15, 0.2) is 9.84 Å². The topological polar surface area (TPSA) is 108 Å². The zero-order valence-corrected chi connectivity index (χ0v) is 12.5. The van der Waals surface area contributed by atoms with Crippen LogP contribution in [0.1, 0.15) is 26.3 Å². The standard InChI is InChI=1S/C13H15FN2O2S.H3N/c1-12(2)10-11(19(12,17)18)13(3,16-10)8-6-7(15)4-5-9(8)14;/h4-6,11H,15H2,1-3H3;1H3. The predicted octanol–water partition coefficient (Wildman–Crippen LogP) is 1.82. The van der Waals surface area contributed by atoms with Crippen LogP contribution in [0.3, 0.4) is 0 Å². The van der Waals surface area contributed by atoms with Crippen LogP contribution in [0, 0.1) is 5.82 Å². The van der Waals surface area contributed by atoms with Gasteiger partial charge in [-0.1, -0.05) is 0 Å². The molecule has 1 aromatic carbocycles. The number of nitrogens with zero attached hydrogens (tertiary/aromatic N) is 1. The minimum Gasteiger partial charge on any atom is -0.399 e. The van der Waals surface area contributed by atoms with Gasteiger partial charge in [0.2, 0.25) is 0 Å². The highest BCUT2D eigenvalue weighted by Gasteiger charge is 2.72. The molecule has 5 nitrogen and oxygen atoms in total. The van der Waals surface area contributed by atoms with Crippen LogP contribution in [-0.4, -0.2) is 24.1 Å². The van der Waals surface area contributed by atoms with Crippen molar-refractivity contribution >= 4 is 21.2 Å². The van der Waals surface area contributed by atoms with E-state index in [0.717, 1.165) is 0 Å². The van der Waals surface area contributed by atoms with Crippen LogP contribution >= 0.6 is 0 Å². The van der Waals surface area contributed by atoms with E-state index >= 15 is 0 Å². The quantitative estimate of drug-likeness (QED) is 0.771. The molecule has 2 unspecified atom stereocenters. The summed E-state index contributed by atoms with van der Waals surface area (Å²) >= 11 is 0. The van der Waals surface area contributed by atoms with Gasteiger partial charge in [0.25, 0.3) is 0 Å². The SMILES string of the molecule is CC1(c2cc(N)ccc2F)N=C2C1S(=O)(=O)C2(C)C.N. The van der Waals surface area contributed by atoms with E-state index in [2.05, 4.69) is 4.99 Å². The van der Waals surface area contributed by atoms with E-state index in [0.29, 0.717) is 11.4 Å². The number of anilines is 1. The smallest absolute Gasteiger partial charge is 0.171 e. The lowest BCUT2D eigenvalue weighted by molar-refractivity contribution is 0.394. The molecule has 110 valence electrons. The number of benzene rings is 1. The lowest BCUT2D eigenvalue weighted by Crippen LogP contribution is -2.75. The van der Waals surface area contributed by atoms with Crippen molar-refractivity contribution in [1.29, 1.82) is 0 Å². The highest BCUT2D eigenvalue weighted by Crippen LogP contribution is 2.55. The monoisotopic (exact) mass is 299 g/mol. The van der Waals surface area contributed by atoms with Crippen LogP contribution in [0.4, 0.5) is 10.1 Å². The second-order valence-electron chi connectivity index (χ2n) is 5.82. The average Bonchev–Trinajstić information content (AvgIpc) is 2.27. The van der Waals surface area contributed by atoms with Crippen molar-refractivity contribution in [2.45, 2.75) is 36.3 Å². The molecule has 2 aliphatic heterocycles. The van der Waals surface area contributed by atoms with Crippen molar-refractivity contribution in [1.82, 2.24) is 6.15 Å². The van der Waals surface area contributed by atoms with Gasteiger partial charge in [-0.15, -0.1) is 0 Å². The normalized spacial score (nSPS) is 32.0. The molecule has 0 bridgehead atoms. The number of aliphatic imine (C=N–C) groups is 1. The molecule has 20 heavy (non-hydrogen) atoms. The van der Waals surface area contributed by atoms with Crippen molar-refractivity contribution in [2.24, 2.45) is 4.99 Å². The van der Waals surface area contributed by atoms with Crippen LogP contribution in [0.5, 0.6) is 0 Å². The molecule has 1 aromatic rings. The molecule has 7 heteroatoms. The lowest BCUT2D eigenvalue weighted by atomic mass is 9.76. The first-order valence-electron chi connectivity index (χ1n) is 6.01. The summed E-state index contributed by atoms with van der Waals surface area (Å²) in [6.07, 6.45) is 0. The summed E-state index contributed by atoms with van der Waals surface area (Å²) in [6.45, 7) is 4.91. The van der Waals surface area contributed by atoms with Gasteiger partial charge in [-0.3, -0.25) is 4.99 Å². The van der Waals surface area contributed by atoms with Gasteiger partial charge in [0.1, 0.15) is 21.4 Å². The molecule has 2 aliphatic rings. The number of rotatable bonds is 1. The summed E-state index contributed by atoms with van der Waals surface area (Å²) in [6, 6.07) is 4.17. The van der Waals surface area contributed by atoms with Gasteiger partial charge in [0, 0.05) is 11.3 Å². The van der Waals surface area contributed by atoms with Gasteiger partial charge < -0.3 is 11.9 Å². The van der Waals surface area contributed by atoms with E-state index in [1.165, 1.54) is 18.2 Å². The lowest BCUT2D eigenvalue weighted by Gasteiger charge is -2.57. The van der Waals surface area contributed by atoms with Crippen LogP contribution in [0.2, 0.25) is 0 Å². The fraction of sp³-hybridized carbons (Fsp3) is 0.462. The molecule has 5 N–H and O–H groups in total. The highest BCUT2D eigenvalue weighted by molar-refractivity contribution is 7.98. The van der Waals surface area contributed by atoms with Crippen LogP contribution < -0.4 is 11.9 Å². The van der Waals surface area contributed by atoms with Crippen LogP contribution in [-0.2, 0) is 15.4 Å². The molecule has 0 spiro atoms. The van der Waals surface area contributed by atoms with Gasteiger partial charge in [-0.05, 0) is 39.0 Å². The maximum Gasteiger partial charge on any atom is 0.171 e. The number of nitrogen functional groups attached to an aromatic ring is 1. The van der Waals surface area contributed by atoms with E-state index < -0.39 is 31.2 Å². The zero-order valence-electron chi connectivity index (χ0n) is 11.6. The fourth-order valence-corrected chi connectivity index (χ4v) is 5.27. The molecule has 2 atom stereocenters. The van der Waals surface area contributed by atoms with Crippen LogP contribution in [0.25, 0.3) is 0 Å². The minimum absolute atomic E-state index is 0. The summed E-state index contributed by atoms with van der Waals surface area (Å²) in [4.78, 5) is 4.38. The molecule has 0 saturated carbocycles. The largest absolute Gasteiger partial charge is 0.399 e. The Morgan fingerprint density at radius 2 is 1.90 bits per heavy atom. The molecule has 0 radical (unpaired) electrons. The summed E-state index contributed by atoms with van der Waals surface area (Å²) < 4.78 is 37.6. The molecule has 1 fully saturated rings. The number of sulfone groups is 1. The molecule has 1 saturated heterocycles. The Morgan fingerprint density at radius 3 is 2.45 bits per heavy atom. The van der Waals surface area contributed by atoms with Crippen molar-refractivity contribution in [3.8, 4) is 0 Å². The van der Waals surface area contributed by atoms with E-state index in [9.17, 15) is 12.8 Å². The Labute approximate surface area is 117 Å². The van der Waals surface area contributed by atoms with E-state index in [4.69, 9.17) is 5.73 Å². The number of fused-ring (bicyclic) bond motifs is 1. The molecule has 0 aromatic heterocycles. The molecular formula is C13H18FN3O2S. The third-order valence-electron chi connectivity index (χ3n) is 4.29. The Bertz CT molecular complexity index is 727. The summed E-state index contributed by atoms with van der Waals surface area (Å²) in [5.41, 5.74) is 5.89. The van der Waals surface area contributed by atoms with Crippen molar-refractivity contribution < 1.29 is 12.8 Å².